The molecule has 2 aromatic rings. The second-order valence-corrected chi connectivity index (χ2v) is 2.83. The van der Waals surface area contributed by atoms with Crippen LogP contribution in [0.1, 0.15) is 38.8 Å². The van der Waals surface area contributed by atoms with Crippen LogP contribution in [0, 0.1) is 24.1 Å². The molecule has 0 N–H and O–H groups in total. The zero-order chi connectivity index (χ0) is 13.4. The highest BCUT2D eigenvalue weighted by Crippen LogP contribution is 2.26. The highest BCUT2D eigenvalue weighted by molar-refractivity contribution is 5.86. The topological polar surface area (TPSA) is 36.9 Å². The molecule has 2 rings (SSSR count). The van der Waals surface area contributed by atoms with Gasteiger partial charge in [-0.25, -0.2) is 4.39 Å². The van der Waals surface area contributed by atoms with Crippen molar-refractivity contribution in [3.05, 3.63) is 35.3 Å². The number of nitrogens with zero attached hydrogens (tertiary/aromatic N) is 1. The molecular weight excluding hydrogens is 217 g/mol. The van der Waals surface area contributed by atoms with E-state index >= 15 is 0 Å². The molecule has 0 fully saturated rings. The molecule has 0 bridgehead atoms. The van der Waals surface area contributed by atoms with Crippen molar-refractivity contribution in [2.45, 2.75) is 34.6 Å². The van der Waals surface area contributed by atoms with Crippen molar-refractivity contribution in [3.8, 4) is 6.07 Å². The first-order chi connectivity index (χ1) is 8.24. The predicted octanol–water partition coefficient (Wildman–Crippen LogP) is 4.80. The van der Waals surface area contributed by atoms with Gasteiger partial charge in [-0.3, -0.25) is 0 Å². The number of fused-ring (bicyclic) bond motifs is 1. The van der Waals surface area contributed by atoms with Gasteiger partial charge in [0.25, 0.3) is 0 Å². The van der Waals surface area contributed by atoms with Gasteiger partial charge in [0.15, 0.2) is 5.58 Å². The van der Waals surface area contributed by atoms with Crippen LogP contribution in [-0.4, -0.2) is 0 Å². The Morgan fingerprint density at radius 3 is 2.29 bits per heavy atom. The molecule has 0 amide bonds. The average Bonchev–Trinajstić information content (AvgIpc) is 2.78. The Hall–Kier alpha value is -1.82. The van der Waals surface area contributed by atoms with Gasteiger partial charge in [0.05, 0.1) is 17.2 Å². The van der Waals surface area contributed by atoms with Crippen LogP contribution in [0.15, 0.2) is 22.8 Å². The molecule has 2 nitrogen and oxygen atoms in total. The van der Waals surface area contributed by atoms with Crippen molar-refractivity contribution in [2.75, 3.05) is 0 Å². The fourth-order valence-electron chi connectivity index (χ4n) is 1.34. The zero-order valence-corrected chi connectivity index (χ0v) is 11.0. The van der Waals surface area contributed by atoms with Gasteiger partial charge >= 0.3 is 0 Å². The molecule has 3 heteroatoms. The van der Waals surface area contributed by atoms with Gasteiger partial charge in [0.2, 0.25) is 0 Å². The summed E-state index contributed by atoms with van der Waals surface area (Å²) in [5.41, 5.74) is 1.41. The van der Waals surface area contributed by atoms with Gasteiger partial charge < -0.3 is 4.42 Å². The molecular formula is C14H18FNO. The number of nitriles is 1. The second kappa shape index (κ2) is 7.45. The third-order valence-electron chi connectivity index (χ3n) is 1.98. The van der Waals surface area contributed by atoms with Gasteiger partial charge in [-0.15, -0.1) is 0 Å². The normalized spacial score (nSPS) is 8.53. The summed E-state index contributed by atoms with van der Waals surface area (Å²) in [5, 5.41) is 9.11. The van der Waals surface area contributed by atoms with Crippen LogP contribution in [-0.2, 0) is 0 Å². The fraction of sp³-hybridized carbons (Fsp3) is 0.357. The third kappa shape index (κ3) is 3.07. The van der Waals surface area contributed by atoms with E-state index in [-0.39, 0.29) is 5.82 Å². The van der Waals surface area contributed by atoms with E-state index in [1.807, 2.05) is 33.8 Å². The van der Waals surface area contributed by atoms with Crippen molar-refractivity contribution in [1.82, 2.24) is 0 Å². The molecule has 0 unspecified atom stereocenters. The van der Waals surface area contributed by atoms with Crippen LogP contribution in [0.25, 0.3) is 11.0 Å². The van der Waals surface area contributed by atoms with Crippen LogP contribution >= 0.6 is 0 Å². The number of furan rings is 1. The first kappa shape index (κ1) is 15.2. The highest BCUT2D eigenvalue weighted by atomic mass is 19.1. The largest absolute Gasteiger partial charge is 0.463 e. The van der Waals surface area contributed by atoms with E-state index in [1.54, 1.807) is 6.92 Å². The Labute approximate surface area is 102 Å². The predicted molar refractivity (Wildman–Crippen MR) is 68.3 cm³/mol. The van der Waals surface area contributed by atoms with Gasteiger partial charge in [0, 0.05) is 0 Å². The summed E-state index contributed by atoms with van der Waals surface area (Å²) >= 11 is 0. The van der Waals surface area contributed by atoms with Crippen molar-refractivity contribution >= 4 is 11.0 Å². The molecule has 0 radical (unpaired) electrons. The molecule has 0 aliphatic rings. The lowest BCUT2D eigenvalue weighted by molar-refractivity contribution is 0.607. The van der Waals surface area contributed by atoms with Gasteiger partial charge in [-0.2, -0.15) is 5.26 Å². The Balaban J connectivity index is 0.000000581. The van der Waals surface area contributed by atoms with Crippen LogP contribution in [0.3, 0.4) is 0 Å². The number of aryl methyl sites for hydroxylation is 1. The molecule has 1 aromatic carbocycles. The molecule has 0 aliphatic carbocycles. The van der Waals surface area contributed by atoms with Crippen molar-refractivity contribution < 1.29 is 8.81 Å². The molecule has 1 aromatic heterocycles. The molecule has 0 saturated heterocycles. The molecule has 17 heavy (non-hydrogen) atoms. The minimum atomic E-state index is -0.347. The minimum absolute atomic E-state index is 0.333. The van der Waals surface area contributed by atoms with Crippen LogP contribution in [0.2, 0.25) is 0 Å². The quantitative estimate of drug-likeness (QED) is 0.657. The Morgan fingerprint density at radius 2 is 1.76 bits per heavy atom. The smallest absolute Gasteiger partial charge is 0.154 e. The van der Waals surface area contributed by atoms with E-state index in [0.717, 1.165) is 0 Å². The van der Waals surface area contributed by atoms with E-state index in [1.165, 1.54) is 18.4 Å². The number of benzene rings is 1. The van der Waals surface area contributed by atoms with Crippen LogP contribution in [0.4, 0.5) is 4.39 Å². The van der Waals surface area contributed by atoms with Crippen molar-refractivity contribution in [2.24, 2.45) is 0 Å². The number of hydrogen-bond acceptors (Lipinski definition) is 2. The maximum Gasteiger partial charge on any atom is 0.154 e. The third-order valence-corrected chi connectivity index (χ3v) is 1.98. The standard InChI is InChI=1S/C10H6FNO.2C2H6/c1-6-5-13-10-7(4-12)2-3-8(11)9(6)10;2*1-2/h2-3,5H,1H3;2*1-2H3. The lowest BCUT2D eigenvalue weighted by Crippen LogP contribution is -1.81. The molecule has 0 atom stereocenters. The Bertz CT molecular complexity index is 509. The fourth-order valence-corrected chi connectivity index (χ4v) is 1.34. The van der Waals surface area contributed by atoms with Crippen LogP contribution < -0.4 is 0 Å². The van der Waals surface area contributed by atoms with E-state index in [2.05, 4.69) is 0 Å². The van der Waals surface area contributed by atoms with E-state index in [0.29, 0.717) is 22.1 Å². The maximum absolute atomic E-state index is 13.2. The second-order valence-electron chi connectivity index (χ2n) is 2.83. The summed E-state index contributed by atoms with van der Waals surface area (Å²) in [6.45, 7) is 9.75. The molecule has 0 aliphatic heterocycles. The summed E-state index contributed by atoms with van der Waals surface area (Å²) < 4.78 is 18.3. The van der Waals surface area contributed by atoms with Crippen LogP contribution in [0.5, 0.6) is 0 Å². The highest BCUT2D eigenvalue weighted by Gasteiger charge is 2.11. The van der Waals surface area contributed by atoms with Gasteiger partial charge in [-0.05, 0) is 24.6 Å². The Morgan fingerprint density at radius 1 is 1.18 bits per heavy atom. The number of rotatable bonds is 0. The van der Waals surface area contributed by atoms with Gasteiger partial charge in [-0.1, -0.05) is 27.7 Å². The number of hydrogen-bond donors (Lipinski definition) is 0. The molecule has 1 heterocycles. The number of halogens is 1. The van der Waals surface area contributed by atoms with Crippen molar-refractivity contribution in [1.29, 1.82) is 5.26 Å². The molecule has 0 saturated carbocycles. The van der Waals surface area contributed by atoms with Crippen molar-refractivity contribution in [3.63, 3.8) is 0 Å². The van der Waals surface area contributed by atoms with Gasteiger partial charge in [0.1, 0.15) is 11.9 Å². The summed E-state index contributed by atoms with van der Waals surface area (Å²) in [7, 11) is 0. The Kier molecular flexibility index (Phi) is 6.65. The summed E-state index contributed by atoms with van der Waals surface area (Å²) in [4.78, 5) is 0. The average molecular weight is 235 g/mol. The summed E-state index contributed by atoms with van der Waals surface area (Å²) in [6, 6.07) is 4.65. The van der Waals surface area contributed by atoms with E-state index in [4.69, 9.17) is 9.68 Å². The molecule has 92 valence electrons. The lowest BCUT2D eigenvalue weighted by atomic mass is 10.1. The van der Waals surface area contributed by atoms with E-state index < -0.39 is 0 Å². The summed E-state index contributed by atoms with van der Waals surface area (Å²) in [6.07, 6.45) is 1.45. The van der Waals surface area contributed by atoms with E-state index in [9.17, 15) is 4.39 Å². The molecule has 0 spiro atoms. The lowest BCUT2D eigenvalue weighted by Gasteiger charge is -1.93. The first-order valence-corrected chi connectivity index (χ1v) is 5.80. The monoisotopic (exact) mass is 235 g/mol. The zero-order valence-electron chi connectivity index (χ0n) is 11.0. The first-order valence-electron chi connectivity index (χ1n) is 5.80. The maximum atomic E-state index is 13.2. The minimum Gasteiger partial charge on any atom is -0.463 e. The SMILES string of the molecule is CC.CC.Cc1coc2c(C#N)ccc(F)c12. The summed E-state index contributed by atoms with van der Waals surface area (Å²) in [5.74, 6) is -0.347.